The van der Waals surface area contributed by atoms with Crippen LogP contribution >= 0.6 is 0 Å². The molecule has 0 unspecified atom stereocenters. The molecule has 0 aromatic heterocycles. The van der Waals surface area contributed by atoms with Crippen molar-refractivity contribution in [3.05, 3.63) is 0 Å². The van der Waals surface area contributed by atoms with E-state index in [1.165, 1.54) is 0 Å². The highest BCUT2D eigenvalue weighted by molar-refractivity contribution is 4.91. The number of hydrogen-bond acceptors (Lipinski definition) is 18. The average Bonchev–Trinajstić information content (AvgIpc) is 2.95. The molecular formula is C22H40O18. The van der Waals surface area contributed by atoms with E-state index < -0.39 is 138 Å². The molecular weight excluding hydrogens is 552 g/mol. The minimum atomic E-state index is -1.73. The van der Waals surface area contributed by atoms with Crippen LogP contribution in [0.25, 0.3) is 0 Å². The quantitative estimate of drug-likeness (QED) is 0.100. The van der Waals surface area contributed by atoms with Gasteiger partial charge in [0.25, 0.3) is 0 Å². The minimum absolute atomic E-state index is 0.391. The number of aliphatic hydroxyl groups excluding tert-OH is 12. The van der Waals surface area contributed by atoms with E-state index in [4.69, 9.17) is 28.4 Å². The summed E-state index contributed by atoms with van der Waals surface area (Å²) in [6.45, 7) is -3.27. The lowest BCUT2D eigenvalue weighted by Crippen LogP contribution is -2.60. The summed E-state index contributed by atoms with van der Waals surface area (Å²) in [7, 11) is 0. The Morgan fingerprint density at radius 2 is 0.650 bits per heavy atom. The van der Waals surface area contributed by atoms with Crippen LogP contribution in [0.3, 0.4) is 0 Å². The summed E-state index contributed by atoms with van der Waals surface area (Å²) in [5, 5.41) is 119. The first-order valence-corrected chi connectivity index (χ1v) is 12.7. The summed E-state index contributed by atoms with van der Waals surface area (Å²) < 4.78 is 32.4. The van der Waals surface area contributed by atoms with Gasteiger partial charge in [-0.1, -0.05) is 0 Å². The lowest BCUT2D eigenvalue weighted by atomic mass is 9.99. The van der Waals surface area contributed by atoms with Crippen LogP contribution in [0.4, 0.5) is 0 Å². The number of ether oxygens (including phenoxy) is 6. The molecule has 15 atom stereocenters. The molecule has 12 N–H and O–H groups in total. The van der Waals surface area contributed by atoms with Gasteiger partial charge >= 0.3 is 0 Å². The third-order valence-corrected chi connectivity index (χ3v) is 7.03. The maximum Gasteiger partial charge on any atom is 0.186 e. The van der Waals surface area contributed by atoms with Crippen molar-refractivity contribution in [1.29, 1.82) is 0 Å². The van der Waals surface area contributed by atoms with Crippen LogP contribution in [-0.4, -0.2) is 193 Å². The summed E-state index contributed by atoms with van der Waals surface area (Å²) in [5.74, 6) is -0.896. The predicted molar refractivity (Wildman–Crippen MR) is 123 cm³/mol. The highest BCUT2D eigenvalue weighted by Gasteiger charge is 2.47. The van der Waals surface area contributed by atoms with Crippen molar-refractivity contribution >= 4 is 0 Å². The smallest absolute Gasteiger partial charge is 0.186 e. The summed E-state index contributed by atoms with van der Waals surface area (Å²) in [6.07, 6.45) is -23.6. The average molecular weight is 593 g/mol. The minimum Gasteiger partial charge on any atom is -0.394 e. The van der Waals surface area contributed by atoms with Crippen molar-refractivity contribution < 1.29 is 89.7 Å². The summed E-state index contributed by atoms with van der Waals surface area (Å²) in [4.78, 5) is 0. The zero-order chi connectivity index (χ0) is 29.7. The van der Waals surface area contributed by atoms with Crippen LogP contribution in [0, 0.1) is 5.92 Å². The fraction of sp³-hybridized carbons (Fsp3) is 1.00. The Bertz CT molecular complexity index is 647. The monoisotopic (exact) mass is 592 g/mol. The summed E-state index contributed by atoms with van der Waals surface area (Å²) in [6, 6.07) is 0. The second kappa shape index (κ2) is 15.1. The molecule has 0 radical (unpaired) electrons. The molecule has 0 aromatic rings. The van der Waals surface area contributed by atoms with Gasteiger partial charge in [0.1, 0.15) is 73.2 Å². The van der Waals surface area contributed by atoms with Gasteiger partial charge < -0.3 is 89.7 Å². The van der Waals surface area contributed by atoms with E-state index in [9.17, 15) is 61.3 Å². The Balaban J connectivity index is 1.67. The Hall–Kier alpha value is -0.720. The lowest BCUT2D eigenvalue weighted by molar-refractivity contribution is -0.321. The third-order valence-electron chi connectivity index (χ3n) is 7.03. The molecule has 3 aliphatic heterocycles. The SMILES string of the molecule is OC[C@H]1O[C@@H](OCC(CO[C@@H]2O[C@H](CO)[C@@H](O)[C@H](O)[C@@H]2O)CO[C@@H]2O[C@H](CO)[C@@H](O)[C@H](O)[C@@H]2O)[C@@H](O)[C@@H](O)[C@@H]1O. The predicted octanol–water partition coefficient (Wildman–Crippen LogP) is -7.95. The Labute approximate surface area is 228 Å². The molecule has 0 amide bonds. The first-order valence-electron chi connectivity index (χ1n) is 12.7. The first-order chi connectivity index (χ1) is 18.9. The van der Waals surface area contributed by atoms with E-state index in [2.05, 4.69) is 0 Å². The Kier molecular flexibility index (Phi) is 12.8. The Morgan fingerprint density at radius 3 is 0.875 bits per heavy atom. The van der Waals surface area contributed by atoms with E-state index in [1.807, 2.05) is 0 Å². The lowest BCUT2D eigenvalue weighted by Gasteiger charge is -2.41. The van der Waals surface area contributed by atoms with Gasteiger partial charge in [-0.25, -0.2) is 0 Å². The van der Waals surface area contributed by atoms with E-state index in [1.54, 1.807) is 0 Å². The molecule has 3 aliphatic rings. The molecule has 0 aromatic carbocycles. The number of aliphatic hydroxyl groups is 12. The molecule has 0 spiro atoms. The van der Waals surface area contributed by atoms with Gasteiger partial charge in [-0.3, -0.25) is 0 Å². The Morgan fingerprint density at radius 1 is 0.400 bits per heavy atom. The zero-order valence-corrected chi connectivity index (χ0v) is 21.3. The number of hydrogen-bond donors (Lipinski definition) is 12. The van der Waals surface area contributed by atoms with Crippen molar-refractivity contribution in [3.8, 4) is 0 Å². The molecule has 40 heavy (non-hydrogen) atoms. The standard InChI is InChI=1S/C22H40O18/c23-1-8-11(26)14(29)17(32)20(38-8)35-4-7(5-36-21-18(33)15(30)12(27)9(2-24)39-21)6-37-22-19(34)16(31)13(28)10(3-25)40-22/h7-34H,1-6H2/t8-,9-,10-,11-,12-,13-,14+,15+,16+,17+,18+,19+,20-,21-,22-/m1/s1. The number of rotatable bonds is 12. The molecule has 18 heteroatoms. The van der Waals surface area contributed by atoms with E-state index >= 15 is 0 Å². The molecule has 236 valence electrons. The molecule has 3 fully saturated rings. The van der Waals surface area contributed by atoms with Crippen molar-refractivity contribution in [2.45, 2.75) is 92.1 Å². The maximum atomic E-state index is 10.2. The van der Waals surface area contributed by atoms with Gasteiger partial charge in [0.2, 0.25) is 0 Å². The van der Waals surface area contributed by atoms with E-state index in [0.717, 1.165) is 0 Å². The van der Waals surface area contributed by atoms with Crippen LogP contribution in [0.1, 0.15) is 0 Å². The van der Waals surface area contributed by atoms with Crippen molar-refractivity contribution in [1.82, 2.24) is 0 Å². The van der Waals surface area contributed by atoms with E-state index in [0.29, 0.717) is 0 Å². The molecule has 0 aliphatic carbocycles. The highest BCUT2D eigenvalue weighted by Crippen LogP contribution is 2.26. The second-order valence-corrected chi connectivity index (χ2v) is 9.96. The van der Waals surface area contributed by atoms with E-state index in [-0.39, 0.29) is 0 Å². The third kappa shape index (κ3) is 7.61. The summed E-state index contributed by atoms with van der Waals surface area (Å²) in [5.41, 5.74) is 0. The van der Waals surface area contributed by atoms with Crippen LogP contribution in [-0.2, 0) is 28.4 Å². The second-order valence-electron chi connectivity index (χ2n) is 9.96. The van der Waals surface area contributed by atoms with Gasteiger partial charge in [0.15, 0.2) is 18.9 Å². The van der Waals surface area contributed by atoms with Crippen LogP contribution < -0.4 is 0 Å². The normalized spacial score (nSPS) is 46.6. The van der Waals surface area contributed by atoms with Gasteiger partial charge in [-0.05, 0) is 0 Å². The maximum absolute atomic E-state index is 10.2. The van der Waals surface area contributed by atoms with Crippen molar-refractivity contribution in [2.75, 3.05) is 39.6 Å². The van der Waals surface area contributed by atoms with Gasteiger partial charge in [-0.2, -0.15) is 0 Å². The first kappa shape index (κ1) is 33.8. The fourth-order valence-corrected chi connectivity index (χ4v) is 4.45. The van der Waals surface area contributed by atoms with Crippen LogP contribution in [0.2, 0.25) is 0 Å². The molecule has 3 rings (SSSR count). The van der Waals surface area contributed by atoms with Crippen LogP contribution in [0.5, 0.6) is 0 Å². The van der Waals surface area contributed by atoms with Gasteiger partial charge in [0.05, 0.1) is 39.6 Å². The molecule has 0 bridgehead atoms. The topological polar surface area (TPSA) is 298 Å². The van der Waals surface area contributed by atoms with Crippen molar-refractivity contribution in [2.24, 2.45) is 5.92 Å². The molecule has 0 saturated carbocycles. The molecule has 18 nitrogen and oxygen atoms in total. The van der Waals surface area contributed by atoms with Gasteiger partial charge in [-0.15, -0.1) is 0 Å². The summed E-state index contributed by atoms with van der Waals surface area (Å²) >= 11 is 0. The van der Waals surface area contributed by atoms with Crippen molar-refractivity contribution in [3.63, 3.8) is 0 Å². The largest absolute Gasteiger partial charge is 0.394 e. The molecule has 3 saturated heterocycles. The highest BCUT2D eigenvalue weighted by atomic mass is 16.7. The fourth-order valence-electron chi connectivity index (χ4n) is 4.45. The molecule has 3 heterocycles. The van der Waals surface area contributed by atoms with Crippen LogP contribution in [0.15, 0.2) is 0 Å². The van der Waals surface area contributed by atoms with Gasteiger partial charge in [0, 0.05) is 5.92 Å². The zero-order valence-electron chi connectivity index (χ0n) is 21.3.